The zero-order valence-corrected chi connectivity index (χ0v) is 5.46. The molecule has 0 fully saturated rings. The molecule has 0 bridgehead atoms. The van der Waals surface area contributed by atoms with Crippen LogP contribution in [0.2, 0.25) is 0 Å². The summed E-state index contributed by atoms with van der Waals surface area (Å²) in [6, 6.07) is 1.73. The van der Waals surface area contributed by atoms with Crippen LogP contribution in [0.1, 0.15) is 0 Å². The summed E-state index contributed by atoms with van der Waals surface area (Å²) in [6.45, 7) is 0. The van der Waals surface area contributed by atoms with E-state index in [-0.39, 0.29) is 5.57 Å². The molecule has 3 nitrogen and oxygen atoms in total. The van der Waals surface area contributed by atoms with Crippen LogP contribution in [-0.2, 0) is 4.79 Å². The Balaban J connectivity index is 4.12. The lowest BCUT2D eigenvalue weighted by Gasteiger charge is -2.01. The number of carbonyl (C=O) groups excluding carboxylic acids is 1. The van der Waals surface area contributed by atoms with Gasteiger partial charge in [0.05, 0.1) is 0 Å². The Morgan fingerprint density at radius 2 is 2.22 bits per heavy atom. The number of hydrogen-bond donors (Lipinski definition) is 0. The third-order valence-electron chi connectivity index (χ3n) is 0.653. The number of rotatable bonds is 2. The summed E-state index contributed by atoms with van der Waals surface area (Å²) >= 11 is 0. The fourth-order valence-electron chi connectivity index (χ4n) is 0.364. The van der Waals surface area contributed by atoms with Gasteiger partial charge in [-0.05, 0) is 0 Å². The third-order valence-corrected chi connectivity index (χ3v) is 0.653. The summed E-state index contributed by atoms with van der Waals surface area (Å²) in [6.07, 6.45) is 1.99. The molecule has 0 rings (SSSR count). The molecule has 0 aromatic carbocycles. The van der Waals surface area contributed by atoms with Crippen LogP contribution in [0.5, 0.6) is 0 Å². The number of allylic oxidation sites excluding steroid dienone is 1. The van der Waals surface area contributed by atoms with Crippen LogP contribution in [0.4, 0.5) is 0 Å². The Morgan fingerprint density at radius 1 is 1.67 bits per heavy atom. The standard InChI is InChI=1S/C6H8N2O/c1-8(2)4-6(3-7)5-9/h4-5H,1-2H3/b6-4+. The van der Waals surface area contributed by atoms with E-state index >= 15 is 0 Å². The van der Waals surface area contributed by atoms with Crippen LogP contribution >= 0.6 is 0 Å². The van der Waals surface area contributed by atoms with Crippen molar-refractivity contribution in [2.45, 2.75) is 0 Å². The molecule has 0 aliphatic carbocycles. The van der Waals surface area contributed by atoms with E-state index in [0.717, 1.165) is 0 Å². The predicted octanol–water partition coefficient (Wildman–Crippen LogP) is 0.154. The van der Waals surface area contributed by atoms with Gasteiger partial charge in [0.25, 0.3) is 0 Å². The van der Waals surface area contributed by atoms with Gasteiger partial charge >= 0.3 is 0 Å². The van der Waals surface area contributed by atoms with Crippen molar-refractivity contribution in [3.05, 3.63) is 11.8 Å². The first-order chi connectivity index (χ1) is 4.20. The first kappa shape index (κ1) is 7.70. The maximum absolute atomic E-state index is 9.95. The summed E-state index contributed by atoms with van der Waals surface area (Å²) in [4.78, 5) is 11.6. The van der Waals surface area contributed by atoms with Gasteiger partial charge in [-0.25, -0.2) is 0 Å². The van der Waals surface area contributed by atoms with E-state index < -0.39 is 0 Å². The molecule has 0 spiro atoms. The molecular weight excluding hydrogens is 116 g/mol. The van der Waals surface area contributed by atoms with Crippen molar-refractivity contribution in [1.82, 2.24) is 4.90 Å². The van der Waals surface area contributed by atoms with Gasteiger partial charge in [-0.3, -0.25) is 4.79 Å². The zero-order chi connectivity index (χ0) is 7.28. The average molecular weight is 124 g/mol. The normalized spacial score (nSPS) is 10.1. The SMILES string of the molecule is CN(C)/C=C(\C#N)C=O. The van der Waals surface area contributed by atoms with Gasteiger partial charge in [-0.2, -0.15) is 5.26 Å². The minimum atomic E-state index is 0.139. The molecule has 0 aliphatic rings. The van der Waals surface area contributed by atoms with Gasteiger partial charge in [0.2, 0.25) is 0 Å². The molecule has 0 heterocycles. The third kappa shape index (κ3) is 3.30. The molecule has 9 heavy (non-hydrogen) atoms. The van der Waals surface area contributed by atoms with Crippen molar-refractivity contribution < 1.29 is 4.79 Å². The van der Waals surface area contributed by atoms with E-state index in [1.54, 1.807) is 25.1 Å². The smallest absolute Gasteiger partial charge is 0.162 e. The van der Waals surface area contributed by atoms with E-state index in [4.69, 9.17) is 5.26 Å². The minimum Gasteiger partial charge on any atom is -0.382 e. The Morgan fingerprint density at radius 3 is 2.33 bits per heavy atom. The van der Waals surface area contributed by atoms with E-state index in [2.05, 4.69) is 0 Å². The summed E-state index contributed by atoms with van der Waals surface area (Å²) in [5.74, 6) is 0. The second-order valence-corrected chi connectivity index (χ2v) is 1.78. The molecule has 0 saturated heterocycles. The zero-order valence-electron chi connectivity index (χ0n) is 5.46. The summed E-state index contributed by atoms with van der Waals surface area (Å²) in [5.41, 5.74) is 0.139. The highest BCUT2D eigenvalue weighted by Crippen LogP contribution is 1.86. The fourth-order valence-corrected chi connectivity index (χ4v) is 0.364. The van der Waals surface area contributed by atoms with Crippen LogP contribution < -0.4 is 0 Å². The van der Waals surface area contributed by atoms with Gasteiger partial charge in [-0.15, -0.1) is 0 Å². The molecule has 0 unspecified atom stereocenters. The molecular formula is C6H8N2O. The monoisotopic (exact) mass is 124 g/mol. The molecule has 0 N–H and O–H groups in total. The maximum Gasteiger partial charge on any atom is 0.162 e. The number of carbonyl (C=O) groups is 1. The van der Waals surface area contributed by atoms with E-state index in [1.807, 2.05) is 0 Å². The number of hydrogen-bond acceptors (Lipinski definition) is 3. The molecule has 0 aromatic heterocycles. The summed E-state index contributed by atoms with van der Waals surface area (Å²) in [5, 5.41) is 8.20. The van der Waals surface area contributed by atoms with Crippen molar-refractivity contribution >= 4 is 6.29 Å². The second kappa shape index (κ2) is 3.67. The molecule has 0 aromatic rings. The first-order valence-corrected chi connectivity index (χ1v) is 2.44. The quantitative estimate of drug-likeness (QED) is 0.299. The topological polar surface area (TPSA) is 44.1 Å². The Hall–Kier alpha value is -1.30. The Bertz CT molecular complexity index is 164. The molecule has 48 valence electrons. The van der Waals surface area contributed by atoms with Crippen LogP contribution in [0, 0.1) is 11.3 Å². The van der Waals surface area contributed by atoms with Gasteiger partial charge in [0.1, 0.15) is 11.6 Å². The van der Waals surface area contributed by atoms with Gasteiger partial charge in [0, 0.05) is 20.3 Å². The van der Waals surface area contributed by atoms with Crippen molar-refractivity contribution in [1.29, 1.82) is 5.26 Å². The van der Waals surface area contributed by atoms with Crippen LogP contribution in [-0.4, -0.2) is 25.3 Å². The first-order valence-electron chi connectivity index (χ1n) is 2.44. The predicted molar refractivity (Wildman–Crippen MR) is 33.4 cm³/mol. The van der Waals surface area contributed by atoms with E-state index in [0.29, 0.717) is 6.29 Å². The van der Waals surface area contributed by atoms with Crippen molar-refractivity contribution in [3.63, 3.8) is 0 Å². The van der Waals surface area contributed by atoms with Gasteiger partial charge < -0.3 is 4.90 Å². The largest absolute Gasteiger partial charge is 0.382 e. The van der Waals surface area contributed by atoms with E-state index in [9.17, 15) is 4.79 Å². The van der Waals surface area contributed by atoms with Crippen molar-refractivity contribution in [2.75, 3.05) is 14.1 Å². The Kier molecular flexibility index (Phi) is 3.14. The minimum absolute atomic E-state index is 0.139. The van der Waals surface area contributed by atoms with Crippen molar-refractivity contribution in [3.8, 4) is 6.07 Å². The molecule has 0 saturated carbocycles. The highest BCUT2D eigenvalue weighted by Gasteiger charge is 1.89. The fraction of sp³-hybridized carbons (Fsp3) is 0.333. The highest BCUT2D eigenvalue weighted by atomic mass is 16.1. The summed E-state index contributed by atoms with van der Waals surface area (Å²) < 4.78 is 0. The van der Waals surface area contributed by atoms with E-state index in [1.165, 1.54) is 6.20 Å². The van der Waals surface area contributed by atoms with Gasteiger partial charge in [-0.1, -0.05) is 0 Å². The van der Waals surface area contributed by atoms with Crippen LogP contribution in [0.25, 0.3) is 0 Å². The van der Waals surface area contributed by atoms with Crippen LogP contribution in [0.3, 0.4) is 0 Å². The number of nitrogens with zero attached hydrogens (tertiary/aromatic N) is 2. The lowest BCUT2D eigenvalue weighted by Crippen LogP contribution is -2.02. The number of aldehydes is 1. The molecule has 0 amide bonds. The summed E-state index contributed by atoms with van der Waals surface area (Å²) in [7, 11) is 3.50. The Labute approximate surface area is 54.2 Å². The van der Waals surface area contributed by atoms with Gasteiger partial charge in [0.15, 0.2) is 6.29 Å². The molecule has 0 atom stereocenters. The average Bonchev–Trinajstić information content (AvgIpc) is 1.82. The highest BCUT2D eigenvalue weighted by molar-refractivity contribution is 5.78. The lowest BCUT2D eigenvalue weighted by molar-refractivity contribution is -0.104. The maximum atomic E-state index is 9.95. The van der Waals surface area contributed by atoms with Crippen molar-refractivity contribution in [2.24, 2.45) is 0 Å². The number of nitriles is 1. The lowest BCUT2D eigenvalue weighted by atomic mass is 10.3. The molecule has 3 heteroatoms. The van der Waals surface area contributed by atoms with Crippen LogP contribution in [0.15, 0.2) is 11.8 Å². The second-order valence-electron chi connectivity index (χ2n) is 1.78. The molecule has 0 radical (unpaired) electrons. The molecule has 0 aliphatic heterocycles.